The maximum Gasteiger partial charge on any atom is 0.367 e. The van der Waals surface area contributed by atoms with Gasteiger partial charge in [-0.1, -0.05) is 11.2 Å². The molecule has 1 aromatic carbocycles. The van der Waals surface area contributed by atoms with Crippen molar-refractivity contribution in [3.63, 3.8) is 0 Å². The predicted molar refractivity (Wildman–Crippen MR) is 61.8 cm³/mol. The molecule has 0 spiro atoms. The molecular formula is C12H11NO4. The Morgan fingerprint density at radius 3 is 2.82 bits per heavy atom. The molecule has 0 atom stereocenters. The fourth-order valence-corrected chi connectivity index (χ4v) is 1.47. The van der Waals surface area contributed by atoms with Gasteiger partial charge in [0.15, 0.2) is 11.5 Å². The molecule has 5 nitrogen and oxygen atoms in total. The fourth-order valence-electron chi connectivity index (χ4n) is 1.47. The smallest absolute Gasteiger partial charge is 0.367 e. The molecule has 2 rings (SSSR count). The Labute approximate surface area is 98.0 Å². The van der Waals surface area contributed by atoms with E-state index in [2.05, 4.69) is 9.99 Å². The lowest BCUT2D eigenvalue weighted by atomic mass is 10.1. The average molecular weight is 233 g/mol. The van der Waals surface area contributed by atoms with Gasteiger partial charge in [-0.3, -0.25) is 0 Å². The first-order valence-electron chi connectivity index (χ1n) is 4.97. The number of oxime groups is 1. The maximum atomic E-state index is 11.3. The molecule has 5 heteroatoms. The Hall–Kier alpha value is -2.30. The number of carbonyl (C=O) groups excluding carboxylic acids is 1. The van der Waals surface area contributed by atoms with E-state index in [9.17, 15) is 9.90 Å². The van der Waals surface area contributed by atoms with E-state index >= 15 is 0 Å². The van der Waals surface area contributed by atoms with Crippen molar-refractivity contribution in [2.75, 3.05) is 7.11 Å². The number of hydrogen-bond donors (Lipinski definition) is 1. The van der Waals surface area contributed by atoms with Gasteiger partial charge in [0.05, 0.1) is 18.4 Å². The predicted octanol–water partition coefficient (Wildman–Crippen LogP) is 1.72. The molecule has 0 saturated carbocycles. The summed E-state index contributed by atoms with van der Waals surface area (Å²) < 4.78 is 4.98. The third-order valence-electron chi connectivity index (χ3n) is 2.39. The van der Waals surface area contributed by atoms with E-state index in [1.807, 2.05) is 0 Å². The second-order valence-electron chi connectivity index (χ2n) is 3.54. The lowest BCUT2D eigenvalue weighted by Crippen LogP contribution is -2.01. The summed E-state index contributed by atoms with van der Waals surface area (Å²) in [6, 6.07) is 4.79. The molecule has 0 bridgehead atoms. The molecule has 0 fully saturated rings. The van der Waals surface area contributed by atoms with Crippen LogP contribution in [0.4, 0.5) is 0 Å². The van der Waals surface area contributed by atoms with E-state index in [1.165, 1.54) is 13.2 Å². The number of phenolic OH excluding ortho intramolecular Hbond substituents is 1. The molecule has 1 N–H and O–H groups in total. The highest BCUT2D eigenvalue weighted by Crippen LogP contribution is 2.27. The Morgan fingerprint density at radius 1 is 1.47 bits per heavy atom. The van der Waals surface area contributed by atoms with Crippen molar-refractivity contribution < 1.29 is 19.5 Å². The summed E-state index contributed by atoms with van der Waals surface area (Å²) in [5.74, 6) is -0.0797. The van der Waals surface area contributed by atoms with E-state index in [4.69, 9.17) is 4.74 Å². The highest BCUT2D eigenvalue weighted by atomic mass is 16.7. The second kappa shape index (κ2) is 4.29. The molecule has 1 aromatic rings. The number of hydrogen-bond acceptors (Lipinski definition) is 5. The van der Waals surface area contributed by atoms with Crippen LogP contribution in [0.2, 0.25) is 0 Å². The Bertz CT molecular complexity index is 531. The van der Waals surface area contributed by atoms with Gasteiger partial charge < -0.3 is 14.7 Å². The highest BCUT2D eigenvalue weighted by Gasteiger charge is 2.21. The first-order valence-corrected chi connectivity index (χ1v) is 4.97. The number of phenols is 1. The third-order valence-corrected chi connectivity index (χ3v) is 2.39. The SMILES string of the molecule is COc1cc(C=C2C(=O)ON=C2C)ccc1O. The van der Waals surface area contributed by atoms with Crippen LogP contribution in [0, 0.1) is 0 Å². The maximum absolute atomic E-state index is 11.3. The van der Waals surface area contributed by atoms with Crippen LogP contribution < -0.4 is 4.74 Å². The topological polar surface area (TPSA) is 68.1 Å². The Morgan fingerprint density at radius 2 is 2.24 bits per heavy atom. The summed E-state index contributed by atoms with van der Waals surface area (Å²) in [4.78, 5) is 15.9. The van der Waals surface area contributed by atoms with Crippen molar-refractivity contribution in [3.8, 4) is 11.5 Å². The molecule has 0 radical (unpaired) electrons. The van der Waals surface area contributed by atoms with Gasteiger partial charge in [0, 0.05) is 0 Å². The van der Waals surface area contributed by atoms with Gasteiger partial charge >= 0.3 is 5.97 Å². The van der Waals surface area contributed by atoms with Crippen LogP contribution in [-0.4, -0.2) is 23.9 Å². The van der Waals surface area contributed by atoms with Crippen LogP contribution in [0.5, 0.6) is 11.5 Å². The van der Waals surface area contributed by atoms with Crippen molar-refractivity contribution in [3.05, 3.63) is 29.3 Å². The van der Waals surface area contributed by atoms with E-state index in [0.29, 0.717) is 17.0 Å². The zero-order valence-electron chi connectivity index (χ0n) is 9.43. The minimum Gasteiger partial charge on any atom is -0.504 e. The van der Waals surface area contributed by atoms with E-state index in [-0.39, 0.29) is 5.75 Å². The summed E-state index contributed by atoms with van der Waals surface area (Å²) in [6.07, 6.45) is 1.64. The summed E-state index contributed by atoms with van der Waals surface area (Å²) in [7, 11) is 1.46. The number of benzene rings is 1. The van der Waals surface area contributed by atoms with Gasteiger partial charge in [-0.15, -0.1) is 0 Å². The van der Waals surface area contributed by atoms with E-state index in [0.717, 1.165) is 5.56 Å². The van der Waals surface area contributed by atoms with E-state index in [1.54, 1.807) is 25.1 Å². The molecule has 0 aliphatic carbocycles. The van der Waals surface area contributed by atoms with Crippen molar-refractivity contribution in [1.29, 1.82) is 0 Å². The molecule has 0 unspecified atom stereocenters. The summed E-state index contributed by atoms with van der Waals surface area (Å²) in [6.45, 7) is 1.69. The summed E-state index contributed by atoms with van der Waals surface area (Å²) >= 11 is 0. The zero-order chi connectivity index (χ0) is 12.4. The fraction of sp³-hybridized carbons (Fsp3) is 0.167. The number of methoxy groups -OCH3 is 1. The Balaban J connectivity index is 2.39. The van der Waals surface area contributed by atoms with Crippen LogP contribution in [0.25, 0.3) is 6.08 Å². The third kappa shape index (κ3) is 2.13. The zero-order valence-corrected chi connectivity index (χ0v) is 9.43. The molecule has 1 aliphatic rings. The van der Waals surface area contributed by atoms with Gasteiger partial charge in [-0.05, 0) is 30.7 Å². The number of rotatable bonds is 2. The van der Waals surface area contributed by atoms with Gasteiger partial charge in [-0.25, -0.2) is 4.79 Å². The van der Waals surface area contributed by atoms with Crippen LogP contribution >= 0.6 is 0 Å². The van der Waals surface area contributed by atoms with Crippen molar-refractivity contribution in [1.82, 2.24) is 0 Å². The van der Waals surface area contributed by atoms with Crippen LogP contribution in [0.15, 0.2) is 28.9 Å². The first-order chi connectivity index (χ1) is 8.11. The van der Waals surface area contributed by atoms with Gasteiger partial charge in [-0.2, -0.15) is 0 Å². The molecule has 1 aliphatic heterocycles. The van der Waals surface area contributed by atoms with Gasteiger partial charge in [0.2, 0.25) is 0 Å². The lowest BCUT2D eigenvalue weighted by Gasteiger charge is -2.04. The number of carbonyl (C=O) groups is 1. The molecule has 0 amide bonds. The highest BCUT2D eigenvalue weighted by molar-refractivity contribution is 6.24. The minimum atomic E-state index is -0.477. The van der Waals surface area contributed by atoms with Gasteiger partial charge in [0.1, 0.15) is 0 Å². The van der Waals surface area contributed by atoms with E-state index < -0.39 is 5.97 Å². The molecule has 1 heterocycles. The van der Waals surface area contributed by atoms with Crippen molar-refractivity contribution in [2.24, 2.45) is 5.16 Å². The largest absolute Gasteiger partial charge is 0.504 e. The molecular weight excluding hydrogens is 222 g/mol. The lowest BCUT2D eigenvalue weighted by molar-refractivity contribution is -0.136. The molecule has 17 heavy (non-hydrogen) atoms. The molecule has 0 saturated heterocycles. The monoisotopic (exact) mass is 233 g/mol. The first kappa shape index (κ1) is 11.2. The van der Waals surface area contributed by atoms with Crippen molar-refractivity contribution in [2.45, 2.75) is 6.92 Å². The van der Waals surface area contributed by atoms with Gasteiger partial charge in [0.25, 0.3) is 0 Å². The van der Waals surface area contributed by atoms with Crippen molar-refractivity contribution >= 4 is 17.8 Å². The van der Waals surface area contributed by atoms with Crippen LogP contribution in [-0.2, 0) is 9.63 Å². The number of aromatic hydroxyl groups is 1. The minimum absolute atomic E-state index is 0.0500. The number of nitrogens with zero attached hydrogens (tertiary/aromatic N) is 1. The quantitative estimate of drug-likeness (QED) is 0.623. The standard InChI is InChI=1S/C12H11NO4/c1-7-9(12(15)17-13-7)5-8-3-4-10(14)11(6-8)16-2/h3-6,14H,1-2H3. The normalized spacial score (nSPS) is 16.9. The molecule has 0 aromatic heterocycles. The summed E-state index contributed by atoms with van der Waals surface area (Å²) in [5.41, 5.74) is 1.66. The average Bonchev–Trinajstić information content (AvgIpc) is 2.63. The Kier molecular flexibility index (Phi) is 2.82. The van der Waals surface area contributed by atoms with Crippen LogP contribution in [0.1, 0.15) is 12.5 Å². The van der Waals surface area contributed by atoms with Crippen LogP contribution in [0.3, 0.4) is 0 Å². The number of ether oxygens (including phenoxy) is 1. The second-order valence-corrected chi connectivity index (χ2v) is 3.54. The summed E-state index contributed by atoms with van der Waals surface area (Å²) in [5, 5.41) is 13.0. The molecule has 88 valence electrons.